The maximum absolute atomic E-state index is 12.5. The predicted octanol–water partition coefficient (Wildman–Crippen LogP) is 3.58. The second-order valence-electron chi connectivity index (χ2n) is 5.37. The van der Waals surface area contributed by atoms with Gasteiger partial charge in [0.25, 0.3) is 0 Å². The Hall–Kier alpha value is -1.76. The zero-order valence-corrected chi connectivity index (χ0v) is 14.2. The quantitative estimate of drug-likeness (QED) is 0.408. The Bertz CT molecular complexity index is 487. The van der Waals surface area contributed by atoms with Crippen LogP contribution in [0, 0.1) is 0 Å². The maximum atomic E-state index is 12.5. The third kappa shape index (κ3) is 8.19. The minimum Gasteiger partial charge on any atom is -0.385 e. The van der Waals surface area contributed by atoms with Gasteiger partial charge in [0, 0.05) is 26.8 Å². The van der Waals surface area contributed by atoms with Crippen molar-refractivity contribution in [3.05, 3.63) is 35.4 Å². The fourth-order valence-corrected chi connectivity index (χ4v) is 2.07. The lowest BCUT2D eigenvalue weighted by molar-refractivity contribution is -0.137. The summed E-state index contributed by atoms with van der Waals surface area (Å²) in [5, 5.41) is 6.35. The van der Waals surface area contributed by atoms with Gasteiger partial charge < -0.3 is 15.4 Å². The Kier molecular flexibility index (Phi) is 9.22. The molecule has 0 saturated heterocycles. The van der Waals surface area contributed by atoms with Gasteiger partial charge in [0.05, 0.1) is 12.1 Å². The summed E-state index contributed by atoms with van der Waals surface area (Å²) in [4.78, 5) is 4.40. The summed E-state index contributed by atoms with van der Waals surface area (Å²) in [6.45, 7) is 4.58. The van der Waals surface area contributed by atoms with Crippen LogP contribution in [0.15, 0.2) is 29.3 Å². The van der Waals surface area contributed by atoms with Gasteiger partial charge in [0.15, 0.2) is 5.96 Å². The number of nitrogens with zero attached hydrogens (tertiary/aromatic N) is 1. The normalized spacial score (nSPS) is 12.3. The van der Waals surface area contributed by atoms with Crippen molar-refractivity contribution in [3.63, 3.8) is 0 Å². The van der Waals surface area contributed by atoms with E-state index in [0.29, 0.717) is 12.5 Å². The van der Waals surface area contributed by atoms with Crippen LogP contribution in [0.3, 0.4) is 0 Å². The lowest BCUT2D eigenvalue weighted by Gasteiger charge is -2.11. The maximum Gasteiger partial charge on any atom is 0.416 e. The van der Waals surface area contributed by atoms with Crippen LogP contribution >= 0.6 is 0 Å². The van der Waals surface area contributed by atoms with Crippen LogP contribution in [0.1, 0.15) is 37.3 Å². The molecule has 0 bridgehead atoms. The standard InChI is InChI=1S/C17H26F3N3O/c1-3-21-16(22-11-5-4-6-12-24-2)23-13-14-7-9-15(10-8-14)17(18,19)20/h7-10H,3-6,11-13H2,1-2H3,(H2,21,22,23). The number of guanidine groups is 1. The average molecular weight is 345 g/mol. The molecule has 24 heavy (non-hydrogen) atoms. The lowest BCUT2D eigenvalue weighted by atomic mass is 10.1. The van der Waals surface area contributed by atoms with Crippen LogP contribution in [0.4, 0.5) is 13.2 Å². The molecule has 4 nitrogen and oxygen atoms in total. The molecule has 0 saturated carbocycles. The molecule has 2 N–H and O–H groups in total. The molecule has 0 aromatic heterocycles. The summed E-state index contributed by atoms with van der Waals surface area (Å²) in [5.41, 5.74) is 0.0941. The van der Waals surface area contributed by atoms with Gasteiger partial charge in [0.1, 0.15) is 0 Å². The first-order valence-corrected chi connectivity index (χ1v) is 8.14. The molecule has 0 aliphatic heterocycles. The largest absolute Gasteiger partial charge is 0.416 e. The highest BCUT2D eigenvalue weighted by Crippen LogP contribution is 2.29. The Balaban J connectivity index is 2.47. The monoisotopic (exact) mass is 345 g/mol. The van der Waals surface area contributed by atoms with Crippen LogP contribution in [0.5, 0.6) is 0 Å². The van der Waals surface area contributed by atoms with Gasteiger partial charge in [0.2, 0.25) is 0 Å². The van der Waals surface area contributed by atoms with Gasteiger partial charge >= 0.3 is 6.18 Å². The van der Waals surface area contributed by atoms with Crippen LogP contribution in [-0.2, 0) is 17.5 Å². The fraction of sp³-hybridized carbons (Fsp3) is 0.588. The number of aliphatic imine (C=N–C) groups is 1. The molecule has 7 heteroatoms. The van der Waals surface area contributed by atoms with E-state index in [4.69, 9.17) is 4.74 Å². The molecule has 136 valence electrons. The van der Waals surface area contributed by atoms with Crippen molar-refractivity contribution in [1.29, 1.82) is 0 Å². The van der Waals surface area contributed by atoms with Gasteiger partial charge in [-0.25, -0.2) is 4.99 Å². The number of unbranched alkanes of at least 4 members (excludes halogenated alkanes) is 2. The highest BCUT2D eigenvalue weighted by molar-refractivity contribution is 5.79. The van der Waals surface area contributed by atoms with E-state index in [9.17, 15) is 13.2 Å². The smallest absolute Gasteiger partial charge is 0.385 e. The molecule has 0 atom stereocenters. The van der Waals surface area contributed by atoms with Crippen LogP contribution in [0.2, 0.25) is 0 Å². The molecule has 0 amide bonds. The van der Waals surface area contributed by atoms with Gasteiger partial charge in [-0.3, -0.25) is 0 Å². The van der Waals surface area contributed by atoms with E-state index >= 15 is 0 Å². The summed E-state index contributed by atoms with van der Waals surface area (Å²) in [6.07, 6.45) is -1.20. The Morgan fingerprint density at radius 3 is 2.38 bits per heavy atom. The topological polar surface area (TPSA) is 45.7 Å². The second-order valence-corrected chi connectivity index (χ2v) is 5.37. The highest BCUT2D eigenvalue weighted by atomic mass is 19.4. The molecule has 0 radical (unpaired) electrons. The van der Waals surface area contributed by atoms with Gasteiger partial charge in [-0.1, -0.05) is 12.1 Å². The van der Waals surface area contributed by atoms with Gasteiger partial charge in [-0.2, -0.15) is 13.2 Å². The van der Waals surface area contributed by atoms with E-state index in [1.54, 1.807) is 7.11 Å². The summed E-state index contributed by atoms with van der Waals surface area (Å²) >= 11 is 0. The highest BCUT2D eigenvalue weighted by Gasteiger charge is 2.29. The minimum atomic E-state index is -4.30. The minimum absolute atomic E-state index is 0.331. The molecule has 0 unspecified atom stereocenters. The first-order chi connectivity index (χ1) is 11.5. The number of hydrogen-bond acceptors (Lipinski definition) is 2. The first-order valence-electron chi connectivity index (χ1n) is 8.14. The van der Waals surface area contributed by atoms with Crippen molar-refractivity contribution in [2.75, 3.05) is 26.8 Å². The SMILES string of the molecule is CCNC(=NCc1ccc(C(F)(F)F)cc1)NCCCCCOC. The zero-order chi connectivity index (χ0) is 17.8. The lowest BCUT2D eigenvalue weighted by Crippen LogP contribution is -2.37. The predicted molar refractivity (Wildman–Crippen MR) is 90.0 cm³/mol. The van der Waals surface area contributed by atoms with Gasteiger partial charge in [-0.15, -0.1) is 0 Å². The molecule has 1 rings (SSSR count). The van der Waals surface area contributed by atoms with Crippen molar-refractivity contribution in [1.82, 2.24) is 10.6 Å². The second kappa shape index (κ2) is 10.9. The molecular formula is C17H26F3N3O. The van der Waals surface area contributed by atoms with Crippen molar-refractivity contribution in [3.8, 4) is 0 Å². The zero-order valence-electron chi connectivity index (χ0n) is 14.2. The molecule has 0 fully saturated rings. The summed E-state index contributed by atoms with van der Waals surface area (Å²) in [7, 11) is 1.69. The Morgan fingerprint density at radius 1 is 1.08 bits per heavy atom. The number of nitrogens with one attached hydrogen (secondary N) is 2. The van der Waals surface area contributed by atoms with Gasteiger partial charge in [-0.05, 0) is 43.9 Å². The molecule has 1 aromatic carbocycles. The summed E-state index contributed by atoms with van der Waals surface area (Å²) in [6, 6.07) is 5.09. The fourth-order valence-electron chi connectivity index (χ4n) is 2.07. The van der Waals surface area contributed by atoms with Crippen LogP contribution in [-0.4, -0.2) is 32.8 Å². The van der Waals surface area contributed by atoms with E-state index < -0.39 is 11.7 Å². The van der Waals surface area contributed by atoms with Crippen molar-refractivity contribution >= 4 is 5.96 Å². The van der Waals surface area contributed by atoms with Crippen molar-refractivity contribution in [2.45, 2.75) is 38.9 Å². The van der Waals surface area contributed by atoms with Crippen LogP contribution in [0.25, 0.3) is 0 Å². The van der Waals surface area contributed by atoms with E-state index in [2.05, 4.69) is 15.6 Å². The number of ether oxygens (including phenoxy) is 1. The number of halogens is 3. The molecule has 1 aromatic rings. The number of hydrogen-bond donors (Lipinski definition) is 2. The Labute approximate surface area is 141 Å². The molecule has 0 heterocycles. The first kappa shape index (κ1) is 20.3. The third-order valence-corrected chi connectivity index (χ3v) is 3.36. The number of benzene rings is 1. The molecule has 0 aliphatic carbocycles. The molecular weight excluding hydrogens is 319 g/mol. The average Bonchev–Trinajstić information content (AvgIpc) is 2.55. The third-order valence-electron chi connectivity index (χ3n) is 3.36. The number of methoxy groups -OCH3 is 1. The van der Waals surface area contributed by atoms with Crippen molar-refractivity contribution in [2.24, 2.45) is 4.99 Å². The van der Waals surface area contributed by atoms with E-state index in [1.165, 1.54) is 12.1 Å². The Morgan fingerprint density at radius 2 is 1.79 bits per heavy atom. The molecule has 0 aliphatic rings. The van der Waals surface area contributed by atoms with E-state index in [1.807, 2.05) is 6.92 Å². The van der Waals surface area contributed by atoms with E-state index in [-0.39, 0.29) is 0 Å². The number of rotatable bonds is 9. The summed E-state index contributed by atoms with van der Waals surface area (Å²) < 4.78 is 42.6. The van der Waals surface area contributed by atoms with Crippen molar-refractivity contribution < 1.29 is 17.9 Å². The number of alkyl halides is 3. The molecule has 0 spiro atoms. The van der Waals surface area contributed by atoms with Crippen LogP contribution < -0.4 is 10.6 Å². The summed E-state index contributed by atoms with van der Waals surface area (Å²) in [5.74, 6) is 0.670. The van der Waals surface area contributed by atoms with E-state index in [0.717, 1.165) is 56.7 Å².